The lowest BCUT2D eigenvalue weighted by atomic mass is 9.72. The Bertz CT molecular complexity index is 141. The van der Waals surface area contributed by atoms with Crippen LogP contribution < -0.4 is 0 Å². The zero-order valence-corrected chi connectivity index (χ0v) is 11.9. The Morgan fingerprint density at radius 1 is 0.933 bits per heavy atom. The summed E-state index contributed by atoms with van der Waals surface area (Å²) in [6, 6.07) is 0. The Labute approximate surface area is 97.8 Å². The number of hydrogen-bond acceptors (Lipinski definition) is 0. The lowest BCUT2D eigenvalue weighted by Crippen LogP contribution is -2.25. The van der Waals surface area contributed by atoms with Crippen LogP contribution in [0.3, 0.4) is 0 Å². The maximum absolute atomic E-state index is 2.44. The molecule has 0 radical (unpaired) electrons. The fraction of sp³-hybridized carbons (Fsp3) is 1.00. The molecule has 0 spiro atoms. The number of rotatable bonds is 7. The molecule has 0 aliphatic heterocycles. The second-order valence-corrected chi connectivity index (χ2v) is 6.17. The fourth-order valence-electron chi connectivity index (χ4n) is 2.35. The molecule has 0 saturated heterocycles. The van der Waals surface area contributed by atoms with E-state index in [9.17, 15) is 0 Å². The molecule has 0 amide bonds. The summed E-state index contributed by atoms with van der Waals surface area (Å²) in [6.45, 7) is 14.2. The Balaban J connectivity index is 3.91. The molecule has 0 aliphatic rings. The van der Waals surface area contributed by atoms with Crippen LogP contribution in [0.1, 0.15) is 80.1 Å². The maximum Gasteiger partial charge on any atom is -0.0354 e. The first-order valence-corrected chi connectivity index (χ1v) is 6.93. The second kappa shape index (κ2) is 7.30. The first-order valence-electron chi connectivity index (χ1n) is 6.93. The van der Waals surface area contributed by atoms with Crippen LogP contribution in [-0.2, 0) is 0 Å². The molecule has 0 aromatic carbocycles. The summed E-state index contributed by atoms with van der Waals surface area (Å²) in [4.78, 5) is 0. The van der Waals surface area contributed by atoms with Crippen LogP contribution in [0.4, 0.5) is 0 Å². The highest BCUT2D eigenvalue weighted by atomic mass is 14.3. The quantitative estimate of drug-likeness (QED) is 0.477. The van der Waals surface area contributed by atoms with Crippen molar-refractivity contribution in [2.75, 3.05) is 0 Å². The molecule has 0 fully saturated rings. The highest BCUT2D eigenvalue weighted by Crippen LogP contribution is 2.35. The van der Waals surface area contributed by atoms with Gasteiger partial charge in [0.2, 0.25) is 0 Å². The predicted molar refractivity (Wildman–Crippen MR) is 71.2 cm³/mol. The van der Waals surface area contributed by atoms with Gasteiger partial charge in [-0.15, -0.1) is 0 Å². The average molecular weight is 212 g/mol. The minimum absolute atomic E-state index is 0.478. The molecule has 92 valence electrons. The minimum atomic E-state index is 0.478. The van der Waals surface area contributed by atoms with Gasteiger partial charge in [0.1, 0.15) is 0 Å². The Kier molecular flexibility index (Phi) is 7.30. The first-order chi connectivity index (χ1) is 6.93. The van der Waals surface area contributed by atoms with Gasteiger partial charge in [0.25, 0.3) is 0 Å². The van der Waals surface area contributed by atoms with Crippen LogP contribution in [-0.4, -0.2) is 0 Å². The topological polar surface area (TPSA) is 0 Å². The van der Waals surface area contributed by atoms with E-state index in [2.05, 4.69) is 41.5 Å². The third kappa shape index (κ3) is 6.22. The molecule has 15 heavy (non-hydrogen) atoms. The van der Waals surface area contributed by atoms with Gasteiger partial charge in [-0.2, -0.15) is 0 Å². The van der Waals surface area contributed by atoms with E-state index in [1.807, 2.05) is 0 Å². The summed E-state index contributed by atoms with van der Waals surface area (Å²) in [5, 5.41) is 0. The lowest BCUT2D eigenvalue weighted by molar-refractivity contribution is 0.161. The largest absolute Gasteiger partial charge is 0.0654 e. The molecular weight excluding hydrogens is 180 g/mol. The summed E-state index contributed by atoms with van der Waals surface area (Å²) in [5.41, 5.74) is 0.478. The molecule has 2 atom stereocenters. The summed E-state index contributed by atoms with van der Waals surface area (Å²) in [6.07, 6.45) is 8.43. The molecule has 0 aromatic rings. The van der Waals surface area contributed by atoms with Gasteiger partial charge in [0.05, 0.1) is 0 Å². The third-order valence-electron chi connectivity index (χ3n) is 4.03. The summed E-state index contributed by atoms with van der Waals surface area (Å²) < 4.78 is 0. The van der Waals surface area contributed by atoms with E-state index in [1.54, 1.807) is 0 Å². The van der Waals surface area contributed by atoms with Gasteiger partial charge < -0.3 is 0 Å². The van der Waals surface area contributed by atoms with Gasteiger partial charge in [-0.05, 0) is 17.3 Å². The molecule has 2 unspecified atom stereocenters. The van der Waals surface area contributed by atoms with Crippen LogP contribution in [0.15, 0.2) is 0 Å². The molecule has 0 aromatic heterocycles. The Morgan fingerprint density at radius 3 is 1.93 bits per heavy atom. The summed E-state index contributed by atoms with van der Waals surface area (Å²) >= 11 is 0. The standard InChI is InChI=1S/C15H32/c1-7-9-10-11-12-14(8-2)13(3)15(4,5)6/h13-14H,7-12H2,1-6H3. The van der Waals surface area contributed by atoms with Crippen molar-refractivity contribution in [1.29, 1.82) is 0 Å². The highest BCUT2D eigenvalue weighted by Gasteiger charge is 2.26. The second-order valence-electron chi connectivity index (χ2n) is 6.17. The van der Waals surface area contributed by atoms with E-state index in [-0.39, 0.29) is 0 Å². The molecule has 0 saturated carbocycles. The van der Waals surface area contributed by atoms with E-state index in [1.165, 1.54) is 38.5 Å². The van der Waals surface area contributed by atoms with E-state index < -0.39 is 0 Å². The molecule has 0 nitrogen and oxygen atoms in total. The predicted octanol–water partition coefficient (Wildman–Crippen LogP) is 5.67. The molecule has 0 rings (SSSR count). The third-order valence-corrected chi connectivity index (χ3v) is 4.03. The summed E-state index contributed by atoms with van der Waals surface area (Å²) in [5.74, 6) is 1.78. The smallest absolute Gasteiger partial charge is 0.0354 e. The molecule has 0 heterocycles. The van der Waals surface area contributed by atoms with Crippen LogP contribution in [0, 0.1) is 17.3 Å². The van der Waals surface area contributed by atoms with E-state index in [4.69, 9.17) is 0 Å². The first kappa shape index (κ1) is 15.0. The van der Waals surface area contributed by atoms with Gasteiger partial charge in [-0.25, -0.2) is 0 Å². The number of hydrogen-bond donors (Lipinski definition) is 0. The van der Waals surface area contributed by atoms with Gasteiger partial charge in [-0.3, -0.25) is 0 Å². The lowest BCUT2D eigenvalue weighted by Gasteiger charge is -2.34. The van der Waals surface area contributed by atoms with Crippen molar-refractivity contribution >= 4 is 0 Å². The zero-order valence-electron chi connectivity index (χ0n) is 11.9. The van der Waals surface area contributed by atoms with E-state index in [0.29, 0.717) is 5.41 Å². The van der Waals surface area contributed by atoms with Crippen LogP contribution in [0.2, 0.25) is 0 Å². The van der Waals surface area contributed by atoms with Crippen LogP contribution in [0.25, 0.3) is 0 Å². The normalized spacial score (nSPS) is 16.4. The molecule has 0 aliphatic carbocycles. The molecule has 0 heteroatoms. The van der Waals surface area contributed by atoms with Crippen molar-refractivity contribution in [3.8, 4) is 0 Å². The fourth-order valence-corrected chi connectivity index (χ4v) is 2.35. The number of unbranched alkanes of at least 4 members (excludes halogenated alkanes) is 3. The van der Waals surface area contributed by atoms with Gasteiger partial charge in [0, 0.05) is 0 Å². The maximum atomic E-state index is 2.44. The molecule has 0 bridgehead atoms. The minimum Gasteiger partial charge on any atom is -0.0654 e. The highest BCUT2D eigenvalue weighted by molar-refractivity contribution is 4.76. The Morgan fingerprint density at radius 2 is 1.53 bits per heavy atom. The zero-order chi connectivity index (χ0) is 11.9. The van der Waals surface area contributed by atoms with Crippen molar-refractivity contribution in [2.45, 2.75) is 80.1 Å². The van der Waals surface area contributed by atoms with Crippen molar-refractivity contribution in [3.63, 3.8) is 0 Å². The van der Waals surface area contributed by atoms with Crippen molar-refractivity contribution in [1.82, 2.24) is 0 Å². The van der Waals surface area contributed by atoms with Crippen LogP contribution >= 0.6 is 0 Å². The van der Waals surface area contributed by atoms with Crippen molar-refractivity contribution in [2.24, 2.45) is 17.3 Å². The van der Waals surface area contributed by atoms with Crippen LogP contribution in [0.5, 0.6) is 0 Å². The van der Waals surface area contributed by atoms with Crippen molar-refractivity contribution < 1.29 is 0 Å². The van der Waals surface area contributed by atoms with Gasteiger partial charge >= 0.3 is 0 Å². The SMILES string of the molecule is CCCCCCC(CC)C(C)C(C)(C)C. The monoisotopic (exact) mass is 212 g/mol. The van der Waals surface area contributed by atoms with E-state index >= 15 is 0 Å². The Hall–Kier alpha value is 0. The van der Waals surface area contributed by atoms with Gasteiger partial charge in [0.15, 0.2) is 0 Å². The van der Waals surface area contributed by atoms with E-state index in [0.717, 1.165) is 11.8 Å². The summed E-state index contributed by atoms with van der Waals surface area (Å²) in [7, 11) is 0. The van der Waals surface area contributed by atoms with Gasteiger partial charge in [-0.1, -0.05) is 80.1 Å². The molecular formula is C15H32. The van der Waals surface area contributed by atoms with Crippen molar-refractivity contribution in [3.05, 3.63) is 0 Å². The average Bonchev–Trinajstić information content (AvgIpc) is 2.16. The molecule has 0 N–H and O–H groups in total.